The summed E-state index contributed by atoms with van der Waals surface area (Å²) in [6.45, 7) is 5.54. The average Bonchev–Trinajstić information content (AvgIpc) is 2.90. The quantitative estimate of drug-likeness (QED) is 0.833. The lowest BCUT2D eigenvalue weighted by Gasteiger charge is -2.42. The molecule has 0 bridgehead atoms. The van der Waals surface area contributed by atoms with Gasteiger partial charge in [-0.25, -0.2) is 0 Å². The van der Waals surface area contributed by atoms with E-state index in [1.807, 2.05) is 4.90 Å². The largest absolute Gasteiger partial charge is 0.367 e. The van der Waals surface area contributed by atoms with Crippen molar-refractivity contribution >= 4 is 17.4 Å². The van der Waals surface area contributed by atoms with Gasteiger partial charge in [-0.1, -0.05) is 18.2 Å². The minimum atomic E-state index is -0.0752. The zero-order valence-electron chi connectivity index (χ0n) is 12.7. The van der Waals surface area contributed by atoms with Gasteiger partial charge in [-0.15, -0.1) is 0 Å². The molecule has 2 aliphatic rings. The van der Waals surface area contributed by atoms with Gasteiger partial charge in [-0.2, -0.15) is 0 Å². The monoisotopic (exact) mass is 286 g/mol. The van der Waals surface area contributed by atoms with Gasteiger partial charge in [0.2, 0.25) is 5.91 Å². The first-order chi connectivity index (χ1) is 10.1. The van der Waals surface area contributed by atoms with E-state index in [2.05, 4.69) is 29.2 Å². The average molecular weight is 286 g/mol. The van der Waals surface area contributed by atoms with Crippen LogP contribution in [0.25, 0.3) is 0 Å². The van der Waals surface area contributed by atoms with Gasteiger partial charge in [0.15, 0.2) is 0 Å². The second-order valence-electron chi connectivity index (χ2n) is 6.11. The van der Waals surface area contributed by atoms with Gasteiger partial charge in [0.25, 0.3) is 0 Å². The van der Waals surface area contributed by atoms with Gasteiger partial charge in [0, 0.05) is 38.3 Å². The maximum absolute atomic E-state index is 12.1. The number of nitrogens with zero attached hydrogens (tertiary/aromatic N) is 2. The van der Waals surface area contributed by atoms with Gasteiger partial charge in [-0.3, -0.25) is 9.59 Å². The van der Waals surface area contributed by atoms with E-state index in [4.69, 9.17) is 0 Å². The molecule has 2 atom stereocenters. The van der Waals surface area contributed by atoms with Crippen LogP contribution in [0.1, 0.15) is 25.8 Å². The fourth-order valence-electron chi connectivity index (χ4n) is 3.71. The number of rotatable bonds is 2. The Hall–Kier alpha value is -1.84. The number of piperidine rings is 1. The van der Waals surface area contributed by atoms with Crippen LogP contribution in [0.2, 0.25) is 0 Å². The fraction of sp³-hybridized carbons (Fsp3) is 0.529. The topological polar surface area (TPSA) is 40.6 Å². The molecule has 0 unspecified atom stereocenters. The van der Waals surface area contributed by atoms with Crippen molar-refractivity contribution in [3.05, 3.63) is 29.8 Å². The molecule has 0 N–H and O–H groups in total. The molecule has 1 saturated heterocycles. The molecular weight excluding hydrogens is 264 g/mol. The highest BCUT2D eigenvalue weighted by molar-refractivity contribution is 5.82. The summed E-state index contributed by atoms with van der Waals surface area (Å²) < 4.78 is 0. The molecule has 1 fully saturated rings. The summed E-state index contributed by atoms with van der Waals surface area (Å²) in [5, 5.41) is 0. The molecule has 2 aliphatic heterocycles. The Morgan fingerprint density at radius 3 is 2.62 bits per heavy atom. The van der Waals surface area contributed by atoms with E-state index in [9.17, 15) is 9.59 Å². The van der Waals surface area contributed by atoms with Crippen molar-refractivity contribution < 1.29 is 9.59 Å². The van der Waals surface area contributed by atoms with Crippen LogP contribution in [-0.2, 0) is 16.0 Å². The predicted octanol–water partition coefficient (Wildman–Crippen LogP) is 1.88. The Bertz CT molecular complexity index is 570. The van der Waals surface area contributed by atoms with Crippen molar-refractivity contribution in [3.8, 4) is 0 Å². The molecule has 3 rings (SSSR count). The van der Waals surface area contributed by atoms with Crippen LogP contribution in [0.15, 0.2) is 24.3 Å². The standard InChI is InChI=1S/C17H22N2O2/c1-12(20)15-11-18(13(2)21)9-8-17(15)19-10-7-14-5-3-4-6-16(14)19/h3-6,15,17H,7-11H2,1-2H3/t15-,17-/m0/s1. The Morgan fingerprint density at radius 1 is 1.14 bits per heavy atom. The third-order valence-electron chi connectivity index (χ3n) is 4.87. The molecule has 0 saturated carbocycles. The van der Waals surface area contributed by atoms with Crippen LogP contribution >= 0.6 is 0 Å². The molecule has 4 heteroatoms. The van der Waals surface area contributed by atoms with Crippen LogP contribution in [0, 0.1) is 5.92 Å². The summed E-state index contributed by atoms with van der Waals surface area (Å²) in [5.74, 6) is 0.186. The number of para-hydroxylation sites is 1. The van der Waals surface area contributed by atoms with Crippen LogP contribution < -0.4 is 4.90 Å². The predicted molar refractivity (Wildman–Crippen MR) is 82.3 cm³/mol. The summed E-state index contributed by atoms with van der Waals surface area (Å²) >= 11 is 0. The highest BCUT2D eigenvalue weighted by atomic mass is 16.2. The SMILES string of the molecule is CC(=O)[C@@H]1CN(C(C)=O)CC[C@@H]1N1CCc2ccccc21. The smallest absolute Gasteiger partial charge is 0.219 e. The van der Waals surface area contributed by atoms with Gasteiger partial charge in [-0.05, 0) is 31.4 Å². The van der Waals surface area contributed by atoms with Crippen molar-refractivity contribution in [2.24, 2.45) is 5.92 Å². The van der Waals surface area contributed by atoms with Crippen molar-refractivity contribution in [3.63, 3.8) is 0 Å². The van der Waals surface area contributed by atoms with Crippen molar-refractivity contribution in [2.75, 3.05) is 24.5 Å². The van der Waals surface area contributed by atoms with Crippen molar-refractivity contribution in [1.82, 2.24) is 4.90 Å². The molecule has 4 nitrogen and oxygen atoms in total. The molecule has 112 valence electrons. The van der Waals surface area contributed by atoms with Crippen LogP contribution in [0.5, 0.6) is 0 Å². The Balaban J connectivity index is 1.85. The number of benzene rings is 1. The molecule has 0 spiro atoms. The summed E-state index contributed by atoms with van der Waals surface area (Å²) in [7, 11) is 0. The van der Waals surface area contributed by atoms with Gasteiger partial charge >= 0.3 is 0 Å². The molecule has 0 aliphatic carbocycles. The molecule has 1 aromatic rings. The highest BCUT2D eigenvalue weighted by Crippen LogP contribution is 2.34. The third kappa shape index (κ3) is 2.55. The van der Waals surface area contributed by atoms with E-state index < -0.39 is 0 Å². The van der Waals surface area contributed by atoms with Crippen LogP contribution in [-0.4, -0.2) is 42.3 Å². The van der Waals surface area contributed by atoms with Gasteiger partial charge in [0.05, 0.1) is 5.92 Å². The first-order valence-corrected chi connectivity index (χ1v) is 7.68. The number of fused-ring (bicyclic) bond motifs is 1. The van der Waals surface area contributed by atoms with E-state index in [1.54, 1.807) is 13.8 Å². The zero-order chi connectivity index (χ0) is 15.0. The van der Waals surface area contributed by atoms with E-state index in [0.717, 1.165) is 25.9 Å². The molecule has 2 heterocycles. The van der Waals surface area contributed by atoms with Gasteiger partial charge < -0.3 is 9.80 Å². The second kappa shape index (κ2) is 5.51. The number of amides is 1. The summed E-state index contributed by atoms with van der Waals surface area (Å²) in [4.78, 5) is 27.9. The van der Waals surface area contributed by atoms with Crippen LogP contribution in [0.4, 0.5) is 5.69 Å². The maximum Gasteiger partial charge on any atom is 0.219 e. The number of carbonyl (C=O) groups is 2. The zero-order valence-corrected chi connectivity index (χ0v) is 12.7. The minimum Gasteiger partial charge on any atom is -0.367 e. The number of carbonyl (C=O) groups excluding carboxylic acids is 2. The molecule has 1 aromatic carbocycles. The van der Waals surface area contributed by atoms with E-state index in [1.165, 1.54) is 11.3 Å². The van der Waals surface area contributed by atoms with E-state index in [0.29, 0.717) is 6.54 Å². The maximum atomic E-state index is 12.1. The molecule has 0 aromatic heterocycles. The molecule has 0 radical (unpaired) electrons. The number of anilines is 1. The Labute approximate surface area is 125 Å². The molecular formula is C17H22N2O2. The lowest BCUT2D eigenvalue weighted by molar-refractivity contribution is -0.133. The lowest BCUT2D eigenvalue weighted by atomic mass is 9.87. The minimum absolute atomic E-state index is 0.0709. The summed E-state index contributed by atoms with van der Waals surface area (Å²) in [6.07, 6.45) is 1.92. The number of ketones is 1. The Kier molecular flexibility index (Phi) is 3.70. The van der Waals surface area contributed by atoms with Crippen molar-refractivity contribution in [1.29, 1.82) is 0 Å². The van der Waals surface area contributed by atoms with Crippen LogP contribution in [0.3, 0.4) is 0 Å². The normalized spacial score (nSPS) is 24.9. The van der Waals surface area contributed by atoms with E-state index in [-0.39, 0.29) is 23.7 Å². The first-order valence-electron chi connectivity index (χ1n) is 7.68. The number of Topliss-reactive ketones (excluding diaryl/α,β-unsaturated/α-hetero) is 1. The van der Waals surface area contributed by atoms with Crippen molar-refractivity contribution in [2.45, 2.75) is 32.7 Å². The first kappa shape index (κ1) is 14.1. The summed E-state index contributed by atoms with van der Waals surface area (Å²) in [5.41, 5.74) is 2.64. The highest BCUT2D eigenvalue weighted by Gasteiger charge is 2.38. The fourth-order valence-corrected chi connectivity index (χ4v) is 3.71. The molecule has 1 amide bonds. The number of likely N-dealkylation sites (tertiary alicyclic amines) is 1. The van der Waals surface area contributed by atoms with E-state index >= 15 is 0 Å². The second-order valence-corrected chi connectivity index (χ2v) is 6.11. The third-order valence-corrected chi connectivity index (χ3v) is 4.87. The number of hydrogen-bond donors (Lipinski definition) is 0. The summed E-state index contributed by atoms with van der Waals surface area (Å²) in [6, 6.07) is 8.68. The van der Waals surface area contributed by atoms with Gasteiger partial charge in [0.1, 0.15) is 5.78 Å². The Morgan fingerprint density at radius 2 is 1.90 bits per heavy atom. The lowest BCUT2D eigenvalue weighted by Crippen LogP contribution is -2.54. The molecule has 21 heavy (non-hydrogen) atoms. The number of hydrogen-bond acceptors (Lipinski definition) is 3.